The molecule has 1 atom stereocenters. The zero-order valence-corrected chi connectivity index (χ0v) is 17.7. The maximum Gasteiger partial charge on any atom is 0.261 e. The second kappa shape index (κ2) is 10.9. The quantitative estimate of drug-likeness (QED) is 0.648. The van der Waals surface area contributed by atoms with Gasteiger partial charge in [0.15, 0.2) is 18.2 Å². The highest BCUT2D eigenvalue weighted by Crippen LogP contribution is 2.20. The maximum absolute atomic E-state index is 13.9. The number of nitrogens with one attached hydrogen (secondary N) is 1. The molecule has 7 heteroatoms. The number of carbonyl (C=O) groups excluding carboxylic acids is 2. The molecule has 0 bridgehead atoms. The minimum atomic E-state index is -0.706. The zero-order valence-electron chi connectivity index (χ0n) is 17.7. The van der Waals surface area contributed by atoms with Crippen molar-refractivity contribution in [3.8, 4) is 5.75 Å². The van der Waals surface area contributed by atoms with Crippen LogP contribution < -0.4 is 10.1 Å². The van der Waals surface area contributed by atoms with Crippen LogP contribution >= 0.6 is 0 Å². The molecule has 2 aromatic rings. The maximum atomic E-state index is 13.9. The van der Waals surface area contributed by atoms with Gasteiger partial charge in [-0.25, -0.2) is 8.78 Å². The molecule has 1 saturated carbocycles. The SMILES string of the molecule is CC[C@@H](C(=O)NC1CCCC1)N(Cc1ccc(F)cc1)C(=O)COc1ccccc1F. The molecule has 0 spiro atoms. The second-order valence-corrected chi connectivity index (χ2v) is 7.78. The third-order valence-electron chi connectivity index (χ3n) is 5.54. The van der Waals surface area contributed by atoms with E-state index in [-0.39, 0.29) is 30.1 Å². The number of para-hydroxylation sites is 1. The standard InChI is InChI=1S/C24H28F2N2O3/c1-2-21(24(30)27-19-7-3-4-8-19)28(15-17-11-13-18(25)14-12-17)23(29)16-31-22-10-6-5-9-20(22)26/h5-6,9-14,19,21H,2-4,7-8,15-16H2,1H3,(H,27,30)/t21-/m0/s1. The Morgan fingerprint density at radius 2 is 1.77 bits per heavy atom. The molecular weight excluding hydrogens is 402 g/mol. The van der Waals surface area contributed by atoms with Gasteiger partial charge in [-0.05, 0) is 49.1 Å². The number of amides is 2. The first kappa shape index (κ1) is 22.7. The van der Waals surface area contributed by atoms with Crippen LogP contribution in [0.2, 0.25) is 0 Å². The predicted molar refractivity (Wildman–Crippen MR) is 113 cm³/mol. The van der Waals surface area contributed by atoms with Crippen LogP contribution in [0.4, 0.5) is 8.78 Å². The van der Waals surface area contributed by atoms with Crippen molar-refractivity contribution in [1.29, 1.82) is 0 Å². The van der Waals surface area contributed by atoms with Crippen LogP contribution in [0.3, 0.4) is 0 Å². The average molecular weight is 430 g/mol. The van der Waals surface area contributed by atoms with E-state index >= 15 is 0 Å². The second-order valence-electron chi connectivity index (χ2n) is 7.78. The van der Waals surface area contributed by atoms with Crippen molar-refractivity contribution >= 4 is 11.8 Å². The van der Waals surface area contributed by atoms with Gasteiger partial charge in [0.2, 0.25) is 5.91 Å². The van der Waals surface area contributed by atoms with Crippen molar-refractivity contribution in [2.45, 2.75) is 57.7 Å². The Kier molecular flexibility index (Phi) is 7.98. The number of nitrogens with zero attached hydrogens (tertiary/aromatic N) is 1. The lowest BCUT2D eigenvalue weighted by molar-refractivity contribution is -0.143. The van der Waals surface area contributed by atoms with Crippen molar-refractivity contribution in [3.63, 3.8) is 0 Å². The number of hydrogen-bond acceptors (Lipinski definition) is 3. The van der Waals surface area contributed by atoms with Crippen molar-refractivity contribution in [2.75, 3.05) is 6.61 Å². The largest absolute Gasteiger partial charge is 0.481 e. The molecule has 1 N–H and O–H groups in total. The number of ether oxygens (including phenoxy) is 1. The smallest absolute Gasteiger partial charge is 0.261 e. The Hall–Kier alpha value is -2.96. The molecule has 0 radical (unpaired) electrons. The summed E-state index contributed by atoms with van der Waals surface area (Å²) >= 11 is 0. The van der Waals surface area contributed by atoms with E-state index in [4.69, 9.17) is 4.74 Å². The number of benzene rings is 2. The molecule has 166 valence electrons. The van der Waals surface area contributed by atoms with Gasteiger partial charge >= 0.3 is 0 Å². The Balaban J connectivity index is 1.76. The van der Waals surface area contributed by atoms with Crippen LogP contribution in [0, 0.1) is 11.6 Å². The van der Waals surface area contributed by atoms with Gasteiger partial charge in [-0.3, -0.25) is 9.59 Å². The summed E-state index contributed by atoms with van der Waals surface area (Å²) in [6.07, 6.45) is 4.44. The molecule has 1 aliphatic rings. The van der Waals surface area contributed by atoms with Crippen molar-refractivity contribution < 1.29 is 23.1 Å². The van der Waals surface area contributed by atoms with Crippen LogP contribution in [-0.2, 0) is 16.1 Å². The van der Waals surface area contributed by atoms with Crippen LogP contribution in [0.1, 0.15) is 44.6 Å². The van der Waals surface area contributed by atoms with Gasteiger partial charge < -0.3 is 15.0 Å². The molecule has 5 nitrogen and oxygen atoms in total. The van der Waals surface area contributed by atoms with Gasteiger partial charge in [-0.2, -0.15) is 0 Å². The van der Waals surface area contributed by atoms with E-state index in [1.807, 2.05) is 6.92 Å². The summed E-state index contributed by atoms with van der Waals surface area (Å²) in [4.78, 5) is 27.5. The molecule has 0 saturated heterocycles. The molecule has 1 fully saturated rings. The van der Waals surface area contributed by atoms with Crippen molar-refractivity contribution in [3.05, 3.63) is 65.7 Å². The molecule has 0 unspecified atom stereocenters. The normalized spacial score (nSPS) is 14.8. The first-order chi connectivity index (χ1) is 15.0. The van der Waals surface area contributed by atoms with Gasteiger partial charge in [-0.1, -0.05) is 44.0 Å². The minimum Gasteiger partial charge on any atom is -0.481 e. The topological polar surface area (TPSA) is 58.6 Å². The van der Waals surface area contributed by atoms with Gasteiger partial charge in [0.05, 0.1) is 0 Å². The molecule has 0 aliphatic heterocycles. The van der Waals surface area contributed by atoms with E-state index < -0.39 is 24.4 Å². The highest BCUT2D eigenvalue weighted by molar-refractivity contribution is 5.88. The molecule has 3 rings (SSSR count). The summed E-state index contributed by atoms with van der Waals surface area (Å²) in [7, 11) is 0. The van der Waals surface area contributed by atoms with Crippen molar-refractivity contribution in [1.82, 2.24) is 10.2 Å². The fourth-order valence-electron chi connectivity index (χ4n) is 3.86. The molecule has 0 aromatic heterocycles. The summed E-state index contributed by atoms with van der Waals surface area (Å²) < 4.78 is 32.6. The Morgan fingerprint density at radius 3 is 2.42 bits per heavy atom. The first-order valence-corrected chi connectivity index (χ1v) is 10.7. The summed E-state index contributed by atoms with van der Waals surface area (Å²) in [5, 5.41) is 3.05. The first-order valence-electron chi connectivity index (χ1n) is 10.7. The Labute approximate surface area is 181 Å². The zero-order chi connectivity index (χ0) is 22.2. The average Bonchev–Trinajstić information content (AvgIpc) is 3.27. The summed E-state index contributed by atoms with van der Waals surface area (Å²) in [6.45, 7) is 1.55. The minimum absolute atomic E-state index is 0.0268. The van der Waals surface area contributed by atoms with E-state index in [1.165, 1.54) is 35.2 Å². The molecule has 2 amide bonds. The van der Waals surface area contributed by atoms with E-state index in [0.717, 1.165) is 25.7 Å². The fourth-order valence-corrected chi connectivity index (χ4v) is 3.86. The van der Waals surface area contributed by atoms with E-state index in [9.17, 15) is 18.4 Å². The lowest BCUT2D eigenvalue weighted by atomic mass is 10.1. The number of hydrogen-bond donors (Lipinski definition) is 1. The van der Waals surface area contributed by atoms with Crippen LogP contribution in [0.5, 0.6) is 5.75 Å². The third kappa shape index (κ3) is 6.26. The highest BCUT2D eigenvalue weighted by Gasteiger charge is 2.31. The van der Waals surface area contributed by atoms with Gasteiger partial charge in [0, 0.05) is 12.6 Å². The van der Waals surface area contributed by atoms with E-state index in [2.05, 4.69) is 5.32 Å². The highest BCUT2D eigenvalue weighted by atomic mass is 19.1. The van der Waals surface area contributed by atoms with E-state index in [1.54, 1.807) is 18.2 Å². The molecule has 0 heterocycles. The number of rotatable bonds is 9. The lowest BCUT2D eigenvalue weighted by Crippen LogP contribution is -2.52. The van der Waals surface area contributed by atoms with Gasteiger partial charge in [0.25, 0.3) is 5.91 Å². The van der Waals surface area contributed by atoms with Gasteiger partial charge in [0.1, 0.15) is 11.9 Å². The number of carbonyl (C=O) groups is 2. The third-order valence-corrected chi connectivity index (χ3v) is 5.54. The molecule has 31 heavy (non-hydrogen) atoms. The number of halogens is 2. The molecular formula is C24H28F2N2O3. The van der Waals surface area contributed by atoms with Crippen LogP contribution in [0.25, 0.3) is 0 Å². The van der Waals surface area contributed by atoms with E-state index in [0.29, 0.717) is 12.0 Å². The molecule has 1 aliphatic carbocycles. The monoisotopic (exact) mass is 430 g/mol. The predicted octanol–water partition coefficient (Wildman–Crippen LogP) is 4.21. The molecule has 2 aromatic carbocycles. The summed E-state index contributed by atoms with van der Waals surface area (Å²) in [5.74, 6) is -1.63. The van der Waals surface area contributed by atoms with Gasteiger partial charge in [-0.15, -0.1) is 0 Å². The van der Waals surface area contributed by atoms with Crippen LogP contribution in [0.15, 0.2) is 48.5 Å². The van der Waals surface area contributed by atoms with Crippen molar-refractivity contribution in [2.24, 2.45) is 0 Å². The lowest BCUT2D eigenvalue weighted by Gasteiger charge is -2.31. The summed E-state index contributed by atoms with van der Waals surface area (Å²) in [5.41, 5.74) is 0.688. The Morgan fingerprint density at radius 1 is 1.10 bits per heavy atom. The van der Waals surface area contributed by atoms with Crippen LogP contribution in [-0.4, -0.2) is 35.4 Å². The Bertz CT molecular complexity index is 883. The fraction of sp³-hybridized carbons (Fsp3) is 0.417. The summed E-state index contributed by atoms with van der Waals surface area (Å²) in [6, 6.07) is 11.0.